The highest BCUT2D eigenvalue weighted by atomic mass is 16.6. The van der Waals surface area contributed by atoms with E-state index in [1.54, 1.807) is 45.0 Å². The summed E-state index contributed by atoms with van der Waals surface area (Å²) in [5.74, 6) is 1.08. The third-order valence-corrected chi connectivity index (χ3v) is 6.42. The van der Waals surface area contributed by atoms with Crippen LogP contribution in [-0.4, -0.2) is 52.4 Å². The number of hydrogen-bond acceptors (Lipinski definition) is 5. The Hall–Kier alpha value is -3.54. The smallest absolute Gasteiger partial charge is 0.408 e. The lowest BCUT2D eigenvalue weighted by molar-refractivity contribution is -0.149. The first-order valence-corrected chi connectivity index (χ1v) is 13.6. The number of carbonyl (C=O) groups excluding carboxylic acids is 4. The highest BCUT2D eigenvalue weighted by Gasteiger charge is 2.43. The summed E-state index contributed by atoms with van der Waals surface area (Å²) in [5.41, 5.74) is 4.70. The Morgan fingerprint density at radius 3 is 2.26 bits per heavy atom. The first-order valence-electron chi connectivity index (χ1n) is 13.6. The Bertz CT molecular complexity index is 1040. The Morgan fingerprint density at radius 1 is 1.08 bits per heavy atom. The van der Waals surface area contributed by atoms with Gasteiger partial charge in [0.05, 0.1) is 0 Å². The van der Waals surface area contributed by atoms with Crippen molar-refractivity contribution in [3.8, 4) is 12.3 Å². The van der Waals surface area contributed by atoms with Gasteiger partial charge in [0, 0.05) is 24.1 Å². The molecule has 0 saturated heterocycles. The molecule has 1 aromatic rings. The van der Waals surface area contributed by atoms with Crippen molar-refractivity contribution in [1.29, 1.82) is 0 Å². The van der Waals surface area contributed by atoms with Gasteiger partial charge in [-0.3, -0.25) is 14.4 Å². The molecule has 0 aromatic heterocycles. The van der Waals surface area contributed by atoms with Crippen LogP contribution in [-0.2, 0) is 19.1 Å². The maximum absolute atomic E-state index is 14.3. The van der Waals surface area contributed by atoms with Gasteiger partial charge in [0.25, 0.3) is 0 Å². The molecule has 216 valence electrons. The molecule has 0 radical (unpaired) electrons. The van der Waals surface area contributed by atoms with Crippen molar-refractivity contribution in [2.75, 3.05) is 6.54 Å². The molecule has 0 aliphatic heterocycles. The number of nitrogens with one attached hydrogen (secondary N) is 2. The molecule has 2 unspecified atom stereocenters. The van der Waals surface area contributed by atoms with Gasteiger partial charge in [-0.15, -0.1) is 6.42 Å². The maximum Gasteiger partial charge on any atom is 0.408 e. The van der Waals surface area contributed by atoms with Crippen molar-refractivity contribution in [3.63, 3.8) is 0 Å². The lowest BCUT2D eigenvalue weighted by Gasteiger charge is -2.44. The zero-order valence-electron chi connectivity index (χ0n) is 24.6. The van der Waals surface area contributed by atoms with E-state index in [2.05, 4.69) is 23.5 Å². The summed E-state index contributed by atoms with van der Waals surface area (Å²) in [7, 11) is 0. The molecule has 1 aromatic carbocycles. The van der Waals surface area contributed by atoms with Crippen LogP contribution in [0.4, 0.5) is 4.79 Å². The first-order chi connectivity index (χ1) is 18.2. The number of unbranched alkanes of at least 4 members (excludes halogenated alkanes) is 2. The molecule has 0 aliphatic carbocycles. The van der Waals surface area contributed by atoms with Gasteiger partial charge in [0.1, 0.15) is 17.7 Å². The zero-order chi connectivity index (χ0) is 29.8. The van der Waals surface area contributed by atoms with Crippen LogP contribution in [0.2, 0.25) is 0 Å². The van der Waals surface area contributed by atoms with Crippen LogP contribution in [0.3, 0.4) is 0 Å². The van der Waals surface area contributed by atoms with Crippen LogP contribution in [0.1, 0.15) is 104 Å². The molecular weight excluding hydrogens is 496 g/mol. The first kappa shape index (κ1) is 33.5. The molecule has 4 N–H and O–H groups in total. The molecular formula is C30H46N4O5. The van der Waals surface area contributed by atoms with Crippen LogP contribution in [0.15, 0.2) is 24.3 Å². The number of hydrogen-bond donors (Lipinski definition) is 3. The second-order valence-electron chi connectivity index (χ2n) is 11.2. The zero-order valence-corrected chi connectivity index (χ0v) is 24.6. The van der Waals surface area contributed by atoms with Crippen molar-refractivity contribution in [2.24, 2.45) is 5.73 Å². The van der Waals surface area contributed by atoms with E-state index in [4.69, 9.17) is 16.9 Å². The highest BCUT2D eigenvalue weighted by molar-refractivity contribution is 5.93. The maximum atomic E-state index is 14.3. The number of nitrogens with two attached hydrogens (primary N) is 1. The number of carbonyl (C=O) groups is 4. The number of alkyl carbamates (subject to hydrolysis) is 1. The van der Waals surface area contributed by atoms with Gasteiger partial charge in [-0.2, -0.15) is 0 Å². The number of rotatable bonds is 14. The molecule has 0 aliphatic rings. The van der Waals surface area contributed by atoms with E-state index in [0.717, 1.165) is 19.3 Å². The molecule has 4 amide bonds. The van der Waals surface area contributed by atoms with Gasteiger partial charge >= 0.3 is 6.09 Å². The van der Waals surface area contributed by atoms with Crippen molar-refractivity contribution >= 4 is 23.8 Å². The van der Waals surface area contributed by atoms with E-state index < -0.39 is 41.1 Å². The molecule has 2 atom stereocenters. The Kier molecular flexibility index (Phi) is 13.0. The van der Waals surface area contributed by atoms with Crippen LogP contribution in [0.25, 0.3) is 0 Å². The van der Waals surface area contributed by atoms with Crippen molar-refractivity contribution in [3.05, 3.63) is 35.4 Å². The predicted octanol–water partition coefficient (Wildman–Crippen LogP) is 4.19. The lowest BCUT2D eigenvalue weighted by atomic mass is 9.89. The summed E-state index contributed by atoms with van der Waals surface area (Å²) in [6, 6.07) is 4.73. The van der Waals surface area contributed by atoms with E-state index in [1.165, 1.54) is 4.90 Å². The summed E-state index contributed by atoms with van der Waals surface area (Å²) >= 11 is 0. The minimum atomic E-state index is -1.17. The monoisotopic (exact) mass is 542 g/mol. The third kappa shape index (κ3) is 10.6. The van der Waals surface area contributed by atoms with E-state index in [0.29, 0.717) is 24.1 Å². The number of ether oxygens (including phenoxy) is 1. The largest absolute Gasteiger partial charge is 0.444 e. The number of amides is 4. The number of primary amides is 1. The molecule has 9 nitrogen and oxygen atoms in total. The molecule has 1 rings (SSSR count). The quantitative estimate of drug-likeness (QED) is 0.240. The topological polar surface area (TPSA) is 131 Å². The number of terminal acetylenes is 1. The standard InChI is InChI=1S/C30H46N4O5/c1-9-12-15-20-32-26(36)25(22-17-14-13-16-21(22)10-2)34(30(7,8)11-3)27(37)23(18-19-24(31)35)33-28(38)39-29(4,5)6/h2,13-14,16-17,23,25H,9,11-12,15,18-20H2,1,3-8H3,(H2,31,35)(H,32,36)(H,33,38). The molecule has 9 heteroatoms. The highest BCUT2D eigenvalue weighted by Crippen LogP contribution is 2.34. The summed E-state index contributed by atoms with van der Waals surface area (Å²) in [4.78, 5) is 54.0. The van der Waals surface area contributed by atoms with Crippen molar-refractivity contribution < 1.29 is 23.9 Å². The van der Waals surface area contributed by atoms with Crippen LogP contribution < -0.4 is 16.4 Å². The lowest BCUT2D eigenvalue weighted by Crippen LogP contribution is -2.59. The predicted molar refractivity (Wildman–Crippen MR) is 152 cm³/mol. The number of benzene rings is 1. The SMILES string of the molecule is C#Cc1ccccc1C(C(=O)NCCCCC)N(C(=O)C(CCC(N)=O)NC(=O)OC(C)(C)C)C(C)(C)CC. The fourth-order valence-electron chi connectivity index (χ4n) is 4.05. The fourth-order valence-corrected chi connectivity index (χ4v) is 4.05. The minimum absolute atomic E-state index is 0.0642. The van der Waals surface area contributed by atoms with Gasteiger partial charge in [0.2, 0.25) is 17.7 Å². The molecule has 0 spiro atoms. The minimum Gasteiger partial charge on any atom is -0.444 e. The van der Waals surface area contributed by atoms with Gasteiger partial charge in [-0.1, -0.05) is 50.8 Å². The summed E-state index contributed by atoms with van der Waals surface area (Å²) < 4.78 is 5.38. The average Bonchev–Trinajstić information content (AvgIpc) is 2.85. The Morgan fingerprint density at radius 2 is 1.72 bits per heavy atom. The van der Waals surface area contributed by atoms with Gasteiger partial charge in [0.15, 0.2) is 0 Å². The molecule has 0 heterocycles. The Labute approximate surface area is 233 Å². The van der Waals surface area contributed by atoms with E-state index >= 15 is 0 Å². The van der Waals surface area contributed by atoms with Gasteiger partial charge < -0.3 is 26.0 Å². The molecule has 0 saturated carbocycles. The van der Waals surface area contributed by atoms with Gasteiger partial charge in [-0.25, -0.2) is 4.79 Å². The normalized spacial score (nSPS) is 13.0. The molecule has 0 bridgehead atoms. The second kappa shape index (κ2) is 15.2. The number of nitrogens with zero attached hydrogens (tertiary/aromatic N) is 1. The summed E-state index contributed by atoms with van der Waals surface area (Å²) in [6.45, 7) is 13.2. The fraction of sp³-hybridized carbons (Fsp3) is 0.600. The van der Waals surface area contributed by atoms with Crippen molar-refractivity contribution in [2.45, 2.75) is 110 Å². The average molecular weight is 543 g/mol. The molecule has 0 fully saturated rings. The van der Waals surface area contributed by atoms with Gasteiger partial charge in [-0.05, 0) is 65.5 Å². The third-order valence-electron chi connectivity index (χ3n) is 6.42. The van der Waals surface area contributed by atoms with Crippen molar-refractivity contribution in [1.82, 2.24) is 15.5 Å². The van der Waals surface area contributed by atoms with E-state index in [9.17, 15) is 19.2 Å². The van der Waals surface area contributed by atoms with Crippen LogP contribution in [0.5, 0.6) is 0 Å². The molecule has 39 heavy (non-hydrogen) atoms. The van der Waals surface area contributed by atoms with Crippen LogP contribution >= 0.6 is 0 Å². The summed E-state index contributed by atoms with van der Waals surface area (Å²) in [6.07, 6.45) is 7.99. The van der Waals surface area contributed by atoms with E-state index in [-0.39, 0.29) is 18.7 Å². The van der Waals surface area contributed by atoms with Crippen LogP contribution in [0, 0.1) is 12.3 Å². The summed E-state index contributed by atoms with van der Waals surface area (Å²) in [5, 5.41) is 5.58. The second-order valence-corrected chi connectivity index (χ2v) is 11.2. The Balaban J connectivity index is 3.67. The van der Waals surface area contributed by atoms with E-state index in [1.807, 2.05) is 20.8 Å².